The van der Waals surface area contributed by atoms with Crippen molar-refractivity contribution in [3.05, 3.63) is 64.0 Å². The van der Waals surface area contributed by atoms with Gasteiger partial charge < -0.3 is 15.0 Å². The van der Waals surface area contributed by atoms with Crippen molar-refractivity contribution in [3.63, 3.8) is 0 Å². The highest BCUT2D eigenvalue weighted by Gasteiger charge is 2.12. The lowest BCUT2D eigenvalue weighted by Crippen LogP contribution is -2.30. The molecule has 126 valence electrons. The summed E-state index contributed by atoms with van der Waals surface area (Å²) in [5.74, 6) is -0.365. The van der Waals surface area contributed by atoms with Gasteiger partial charge >= 0.3 is 6.03 Å². The van der Waals surface area contributed by atoms with Gasteiger partial charge in [-0.05, 0) is 29.8 Å². The van der Waals surface area contributed by atoms with Gasteiger partial charge in [0.1, 0.15) is 0 Å². The number of nitro benzene ring substituents is 1. The molecular formula is C16H16FN3O4. The number of methoxy groups -OCH3 is 1. The van der Waals surface area contributed by atoms with Crippen LogP contribution < -0.4 is 10.1 Å². The summed E-state index contributed by atoms with van der Waals surface area (Å²) >= 11 is 0. The first kappa shape index (κ1) is 17.2. The maximum Gasteiger partial charge on any atom is 0.321 e. The Balaban J connectivity index is 1.99. The first-order valence-electron chi connectivity index (χ1n) is 6.99. The number of benzene rings is 2. The van der Waals surface area contributed by atoms with Crippen molar-refractivity contribution in [2.45, 2.75) is 6.54 Å². The molecule has 0 aliphatic heterocycles. The van der Waals surface area contributed by atoms with Crippen molar-refractivity contribution in [1.82, 2.24) is 4.90 Å². The number of nitrogens with zero attached hydrogens (tertiary/aromatic N) is 2. The lowest BCUT2D eigenvalue weighted by molar-refractivity contribution is -0.384. The van der Waals surface area contributed by atoms with E-state index in [4.69, 9.17) is 4.74 Å². The van der Waals surface area contributed by atoms with E-state index in [1.165, 1.54) is 48.4 Å². The highest BCUT2D eigenvalue weighted by Crippen LogP contribution is 2.19. The zero-order valence-electron chi connectivity index (χ0n) is 13.2. The zero-order valence-corrected chi connectivity index (χ0v) is 13.2. The number of rotatable bonds is 5. The molecule has 0 heterocycles. The summed E-state index contributed by atoms with van der Waals surface area (Å²) in [6.45, 7) is 0.194. The third-order valence-electron chi connectivity index (χ3n) is 3.31. The van der Waals surface area contributed by atoms with Crippen LogP contribution in [0.4, 0.5) is 20.6 Å². The molecule has 1 N–H and O–H groups in total. The molecule has 24 heavy (non-hydrogen) atoms. The number of halogens is 1. The van der Waals surface area contributed by atoms with Crippen molar-refractivity contribution in [3.8, 4) is 5.75 Å². The fraction of sp³-hybridized carbons (Fsp3) is 0.188. The zero-order chi connectivity index (χ0) is 17.7. The van der Waals surface area contributed by atoms with Crippen LogP contribution in [0.2, 0.25) is 0 Å². The highest BCUT2D eigenvalue weighted by atomic mass is 19.1. The monoisotopic (exact) mass is 333 g/mol. The number of ether oxygens (including phenoxy) is 1. The van der Waals surface area contributed by atoms with E-state index in [9.17, 15) is 19.3 Å². The summed E-state index contributed by atoms with van der Waals surface area (Å²) in [4.78, 5) is 23.5. The van der Waals surface area contributed by atoms with Gasteiger partial charge in [0.25, 0.3) is 5.69 Å². The standard InChI is InChI=1S/C16H16FN3O4/c1-19(10-11-3-8-15(24-2)14(17)9-11)16(21)18-12-4-6-13(7-5-12)20(22)23/h3-9H,10H2,1-2H3,(H,18,21). The second kappa shape index (κ2) is 7.40. The molecule has 0 bridgehead atoms. The molecule has 0 saturated carbocycles. The number of nitro groups is 1. The average molecular weight is 333 g/mol. The average Bonchev–Trinajstić information content (AvgIpc) is 2.55. The number of amides is 2. The lowest BCUT2D eigenvalue weighted by Gasteiger charge is -2.18. The molecule has 7 nitrogen and oxygen atoms in total. The number of nitrogens with one attached hydrogen (secondary N) is 1. The number of hydrogen-bond acceptors (Lipinski definition) is 4. The van der Waals surface area contributed by atoms with Crippen molar-refractivity contribution in [1.29, 1.82) is 0 Å². The van der Waals surface area contributed by atoms with Crippen LogP contribution in [0.3, 0.4) is 0 Å². The molecule has 0 fully saturated rings. The van der Waals surface area contributed by atoms with Gasteiger partial charge in [-0.15, -0.1) is 0 Å². The summed E-state index contributed by atoms with van der Waals surface area (Å²) in [7, 11) is 2.94. The Kier molecular flexibility index (Phi) is 5.31. The molecule has 8 heteroatoms. The Bertz CT molecular complexity index is 749. The van der Waals surface area contributed by atoms with Crippen LogP contribution in [0.5, 0.6) is 5.75 Å². The molecule has 0 aliphatic rings. The van der Waals surface area contributed by atoms with E-state index in [0.29, 0.717) is 11.3 Å². The van der Waals surface area contributed by atoms with Crippen molar-refractivity contribution in [2.24, 2.45) is 0 Å². The topological polar surface area (TPSA) is 84.7 Å². The van der Waals surface area contributed by atoms with Gasteiger partial charge in [-0.25, -0.2) is 9.18 Å². The number of carbonyl (C=O) groups excluding carboxylic acids is 1. The molecule has 0 aromatic heterocycles. The second-order valence-corrected chi connectivity index (χ2v) is 5.06. The van der Waals surface area contributed by atoms with E-state index in [-0.39, 0.29) is 18.0 Å². The molecular weight excluding hydrogens is 317 g/mol. The summed E-state index contributed by atoms with van der Waals surface area (Å²) in [5.41, 5.74) is 0.975. The van der Waals surface area contributed by atoms with E-state index in [1.54, 1.807) is 13.1 Å². The van der Waals surface area contributed by atoms with Crippen LogP contribution in [0.1, 0.15) is 5.56 Å². The number of urea groups is 1. The molecule has 0 unspecified atom stereocenters. The van der Waals surface area contributed by atoms with Gasteiger partial charge in [0.05, 0.1) is 12.0 Å². The molecule has 2 rings (SSSR count). The van der Waals surface area contributed by atoms with Gasteiger partial charge in [0.2, 0.25) is 0 Å². The molecule has 0 radical (unpaired) electrons. The SMILES string of the molecule is COc1ccc(CN(C)C(=O)Nc2ccc([N+](=O)[O-])cc2)cc1F. The minimum Gasteiger partial charge on any atom is -0.494 e. The molecule has 0 spiro atoms. The maximum atomic E-state index is 13.7. The largest absolute Gasteiger partial charge is 0.494 e. The van der Waals surface area contributed by atoms with Gasteiger partial charge in [-0.1, -0.05) is 6.07 Å². The molecule has 0 saturated heterocycles. The van der Waals surface area contributed by atoms with Crippen LogP contribution in [0, 0.1) is 15.9 Å². The van der Waals surface area contributed by atoms with Crippen LogP contribution in [-0.4, -0.2) is 30.0 Å². The number of anilines is 1. The van der Waals surface area contributed by atoms with Gasteiger partial charge in [0.15, 0.2) is 11.6 Å². The van der Waals surface area contributed by atoms with Crippen LogP contribution >= 0.6 is 0 Å². The van der Waals surface area contributed by atoms with E-state index < -0.39 is 16.8 Å². The normalized spacial score (nSPS) is 10.1. The lowest BCUT2D eigenvalue weighted by atomic mass is 10.2. The van der Waals surface area contributed by atoms with Crippen LogP contribution in [-0.2, 0) is 6.54 Å². The Labute approximate surface area is 137 Å². The first-order chi connectivity index (χ1) is 11.4. The third-order valence-corrected chi connectivity index (χ3v) is 3.31. The van der Waals surface area contributed by atoms with Crippen LogP contribution in [0.15, 0.2) is 42.5 Å². The Morgan fingerprint density at radius 1 is 1.29 bits per heavy atom. The molecule has 0 atom stereocenters. The summed E-state index contributed by atoms with van der Waals surface area (Å²) in [6, 6.07) is 9.52. The predicted octanol–water partition coefficient (Wildman–Crippen LogP) is 3.41. The fourth-order valence-corrected chi connectivity index (χ4v) is 2.04. The van der Waals surface area contributed by atoms with Crippen molar-refractivity contribution in [2.75, 3.05) is 19.5 Å². The maximum absolute atomic E-state index is 13.7. The van der Waals surface area contributed by atoms with Crippen molar-refractivity contribution >= 4 is 17.4 Å². The van der Waals surface area contributed by atoms with E-state index in [1.807, 2.05) is 0 Å². The molecule has 2 amide bonds. The van der Waals surface area contributed by atoms with Gasteiger partial charge in [-0.2, -0.15) is 0 Å². The predicted molar refractivity (Wildman–Crippen MR) is 86.5 cm³/mol. The van der Waals surface area contributed by atoms with Gasteiger partial charge in [-0.3, -0.25) is 10.1 Å². The van der Waals surface area contributed by atoms with Gasteiger partial charge in [0, 0.05) is 31.4 Å². The number of hydrogen-bond donors (Lipinski definition) is 1. The van der Waals surface area contributed by atoms with Crippen LogP contribution in [0.25, 0.3) is 0 Å². The third kappa shape index (κ3) is 4.19. The minimum absolute atomic E-state index is 0.0601. The van der Waals surface area contributed by atoms with E-state index >= 15 is 0 Å². The first-order valence-corrected chi connectivity index (χ1v) is 6.99. The molecule has 2 aromatic rings. The highest BCUT2D eigenvalue weighted by molar-refractivity contribution is 5.89. The minimum atomic E-state index is -0.518. The summed E-state index contributed by atoms with van der Waals surface area (Å²) in [5, 5.41) is 13.2. The Morgan fingerprint density at radius 3 is 2.50 bits per heavy atom. The summed E-state index contributed by atoms with van der Waals surface area (Å²) < 4.78 is 18.5. The summed E-state index contributed by atoms with van der Waals surface area (Å²) in [6.07, 6.45) is 0. The van der Waals surface area contributed by atoms with E-state index in [2.05, 4.69) is 5.32 Å². The fourth-order valence-electron chi connectivity index (χ4n) is 2.04. The molecule has 0 aliphatic carbocycles. The number of non-ortho nitro benzene ring substituents is 1. The van der Waals surface area contributed by atoms with Crippen molar-refractivity contribution < 1.29 is 18.8 Å². The quantitative estimate of drug-likeness (QED) is 0.671. The Hall–Kier alpha value is -3.16. The Morgan fingerprint density at radius 2 is 1.96 bits per heavy atom. The number of carbonyl (C=O) groups is 1. The smallest absolute Gasteiger partial charge is 0.321 e. The van der Waals surface area contributed by atoms with E-state index in [0.717, 1.165) is 0 Å². The molecule has 2 aromatic carbocycles. The second-order valence-electron chi connectivity index (χ2n) is 5.06.